The molecule has 1 aliphatic rings. The number of carbonyl (C=O) groups is 1. The van der Waals surface area contributed by atoms with Gasteiger partial charge in [-0.25, -0.2) is 0 Å². The van der Waals surface area contributed by atoms with Gasteiger partial charge in [-0.1, -0.05) is 20.8 Å². The predicted octanol–water partition coefficient (Wildman–Crippen LogP) is 2.05. The highest BCUT2D eigenvalue weighted by atomic mass is 35.5. The van der Waals surface area contributed by atoms with Crippen LogP contribution < -0.4 is 5.32 Å². The Kier molecular flexibility index (Phi) is 6.34. The van der Waals surface area contributed by atoms with E-state index in [-0.39, 0.29) is 17.8 Å². The van der Waals surface area contributed by atoms with Crippen molar-refractivity contribution >= 4 is 18.3 Å². The molecule has 96 valence electrons. The fourth-order valence-electron chi connectivity index (χ4n) is 1.80. The first-order valence-corrected chi connectivity index (χ1v) is 5.90. The Hall–Kier alpha value is -0.280. The second kappa shape index (κ2) is 6.45. The van der Waals surface area contributed by atoms with Crippen LogP contribution in [0.3, 0.4) is 0 Å². The number of hydrogen-bond acceptors (Lipinski definition) is 2. The van der Waals surface area contributed by atoms with Gasteiger partial charge in [-0.15, -0.1) is 12.4 Å². The Morgan fingerprint density at radius 2 is 2.06 bits per heavy atom. The normalized spacial score (nSPS) is 21.5. The minimum atomic E-state index is 0. The van der Waals surface area contributed by atoms with E-state index < -0.39 is 0 Å². The third-order valence-corrected chi connectivity index (χ3v) is 2.81. The molecular weight excluding hydrogens is 224 g/mol. The molecule has 1 aliphatic heterocycles. The highest BCUT2D eigenvalue weighted by Gasteiger charge is 2.21. The first kappa shape index (κ1) is 15.7. The predicted molar refractivity (Wildman–Crippen MR) is 70.0 cm³/mol. The van der Waals surface area contributed by atoms with Crippen molar-refractivity contribution in [1.82, 2.24) is 10.2 Å². The van der Waals surface area contributed by atoms with Crippen LogP contribution in [0.4, 0.5) is 0 Å². The molecule has 0 unspecified atom stereocenters. The molecule has 4 heteroatoms. The molecule has 1 saturated heterocycles. The van der Waals surface area contributed by atoms with Gasteiger partial charge in [0.1, 0.15) is 0 Å². The van der Waals surface area contributed by atoms with E-state index in [0.717, 1.165) is 26.1 Å². The zero-order valence-corrected chi connectivity index (χ0v) is 11.7. The summed E-state index contributed by atoms with van der Waals surface area (Å²) < 4.78 is 0. The van der Waals surface area contributed by atoms with Gasteiger partial charge in [-0.3, -0.25) is 4.79 Å². The van der Waals surface area contributed by atoms with Gasteiger partial charge in [0.2, 0.25) is 5.91 Å². The Labute approximate surface area is 105 Å². The maximum absolute atomic E-state index is 11.9. The third-order valence-electron chi connectivity index (χ3n) is 2.81. The zero-order chi connectivity index (χ0) is 11.5. The minimum absolute atomic E-state index is 0. The van der Waals surface area contributed by atoms with Crippen molar-refractivity contribution in [2.45, 2.75) is 46.6 Å². The molecule has 0 aromatic heterocycles. The first-order chi connectivity index (χ1) is 6.88. The summed E-state index contributed by atoms with van der Waals surface area (Å²) in [6, 6.07) is 0.442. The minimum Gasteiger partial charge on any atom is -0.340 e. The molecule has 0 bridgehead atoms. The largest absolute Gasteiger partial charge is 0.340 e. The molecule has 0 spiro atoms. The fraction of sp³-hybridized carbons (Fsp3) is 0.917. The van der Waals surface area contributed by atoms with Gasteiger partial charge >= 0.3 is 0 Å². The van der Waals surface area contributed by atoms with Crippen molar-refractivity contribution in [2.75, 3.05) is 19.6 Å². The number of piperazine rings is 1. The quantitative estimate of drug-likeness (QED) is 0.811. The molecule has 1 fully saturated rings. The van der Waals surface area contributed by atoms with Crippen LogP contribution in [0.1, 0.15) is 40.5 Å². The van der Waals surface area contributed by atoms with Crippen LogP contribution in [-0.2, 0) is 4.79 Å². The van der Waals surface area contributed by atoms with Crippen molar-refractivity contribution in [2.24, 2.45) is 5.41 Å². The lowest BCUT2D eigenvalue weighted by Gasteiger charge is -2.32. The number of amides is 1. The van der Waals surface area contributed by atoms with Crippen LogP contribution >= 0.6 is 12.4 Å². The summed E-state index contributed by atoms with van der Waals surface area (Å²) in [6.45, 7) is 11.3. The molecule has 1 atom stereocenters. The lowest BCUT2D eigenvalue weighted by molar-refractivity contribution is -0.132. The summed E-state index contributed by atoms with van der Waals surface area (Å²) in [5.74, 6) is 0.318. The van der Waals surface area contributed by atoms with E-state index >= 15 is 0 Å². The number of nitrogens with zero attached hydrogens (tertiary/aromatic N) is 1. The second-order valence-electron chi connectivity index (χ2n) is 5.76. The molecule has 1 rings (SSSR count). The van der Waals surface area contributed by atoms with Crippen LogP contribution in [0.2, 0.25) is 0 Å². The topological polar surface area (TPSA) is 32.3 Å². The van der Waals surface area contributed by atoms with E-state index in [1.54, 1.807) is 0 Å². The number of nitrogens with one attached hydrogen (secondary N) is 1. The molecule has 0 aromatic rings. The summed E-state index contributed by atoms with van der Waals surface area (Å²) in [7, 11) is 0. The van der Waals surface area contributed by atoms with Gasteiger partial charge in [-0.05, 0) is 18.8 Å². The lowest BCUT2D eigenvalue weighted by atomic mass is 9.90. The van der Waals surface area contributed by atoms with Crippen LogP contribution in [-0.4, -0.2) is 36.5 Å². The Balaban J connectivity index is 0.00000225. The van der Waals surface area contributed by atoms with Gasteiger partial charge in [0.05, 0.1) is 0 Å². The molecule has 1 heterocycles. The fourth-order valence-corrected chi connectivity index (χ4v) is 1.80. The summed E-state index contributed by atoms with van der Waals surface area (Å²) in [5, 5.41) is 3.35. The highest BCUT2D eigenvalue weighted by Crippen LogP contribution is 2.21. The van der Waals surface area contributed by atoms with E-state index in [1.165, 1.54) is 0 Å². The smallest absolute Gasteiger partial charge is 0.222 e. The van der Waals surface area contributed by atoms with Crippen molar-refractivity contribution in [3.8, 4) is 0 Å². The van der Waals surface area contributed by atoms with Crippen molar-refractivity contribution < 1.29 is 4.79 Å². The highest BCUT2D eigenvalue weighted by molar-refractivity contribution is 5.85. The molecule has 1 N–H and O–H groups in total. The second-order valence-corrected chi connectivity index (χ2v) is 5.76. The average Bonchev–Trinajstić information content (AvgIpc) is 2.13. The molecular formula is C12H25ClN2O. The lowest BCUT2D eigenvalue weighted by Crippen LogP contribution is -2.51. The summed E-state index contributed by atoms with van der Waals surface area (Å²) in [5.41, 5.74) is 0.259. The third kappa shape index (κ3) is 5.71. The molecule has 0 aliphatic carbocycles. The van der Waals surface area contributed by atoms with E-state index in [1.807, 2.05) is 4.90 Å². The van der Waals surface area contributed by atoms with Crippen LogP contribution in [0, 0.1) is 5.41 Å². The summed E-state index contributed by atoms with van der Waals surface area (Å²) in [4.78, 5) is 13.9. The molecule has 0 radical (unpaired) electrons. The number of hydrogen-bond donors (Lipinski definition) is 1. The van der Waals surface area contributed by atoms with Crippen LogP contribution in [0.25, 0.3) is 0 Å². The number of rotatable bonds is 2. The molecule has 16 heavy (non-hydrogen) atoms. The summed E-state index contributed by atoms with van der Waals surface area (Å²) in [6.07, 6.45) is 1.67. The maximum Gasteiger partial charge on any atom is 0.222 e. The van der Waals surface area contributed by atoms with E-state index in [4.69, 9.17) is 0 Å². The first-order valence-electron chi connectivity index (χ1n) is 5.90. The van der Waals surface area contributed by atoms with Crippen molar-refractivity contribution in [1.29, 1.82) is 0 Å². The molecule has 0 aromatic carbocycles. The SMILES string of the molecule is C[C@@H]1CN(C(=O)CCC(C)(C)C)CCN1.Cl. The van der Waals surface area contributed by atoms with Gasteiger partial charge in [0, 0.05) is 32.1 Å². The van der Waals surface area contributed by atoms with E-state index in [2.05, 4.69) is 33.0 Å². The van der Waals surface area contributed by atoms with Crippen molar-refractivity contribution in [3.05, 3.63) is 0 Å². The molecule has 0 saturated carbocycles. The van der Waals surface area contributed by atoms with Crippen LogP contribution in [0.5, 0.6) is 0 Å². The zero-order valence-electron chi connectivity index (χ0n) is 10.9. The maximum atomic E-state index is 11.9. The standard InChI is InChI=1S/C12H24N2O.ClH/c1-10-9-14(8-7-13-10)11(15)5-6-12(2,3)4;/h10,13H,5-9H2,1-4H3;1H/t10-;/m1./s1. The number of carbonyl (C=O) groups excluding carboxylic acids is 1. The van der Waals surface area contributed by atoms with Crippen molar-refractivity contribution in [3.63, 3.8) is 0 Å². The Bertz CT molecular complexity index is 226. The Morgan fingerprint density at radius 1 is 1.44 bits per heavy atom. The van der Waals surface area contributed by atoms with E-state index in [9.17, 15) is 4.79 Å². The van der Waals surface area contributed by atoms with Gasteiger partial charge < -0.3 is 10.2 Å². The monoisotopic (exact) mass is 248 g/mol. The van der Waals surface area contributed by atoms with E-state index in [0.29, 0.717) is 18.4 Å². The molecule has 1 amide bonds. The van der Waals surface area contributed by atoms with Crippen LogP contribution in [0.15, 0.2) is 0 Å². The summed E-state index contributed by atoms with van der Waals surface area (Å²) >= 11 is 0. The van der Waals surface area contributed by atoms with Gasteiger partial charge in [0.15, 0.2) is 0 Å². The molecule has 3 nitrogen and oxygen atoms in total. The number of halogens is 1. The van der Waals surface area contributed by atoms with Gasteiger partial charge in [-0.2, -0.15) is 0 Å². The average molecular weight is 249 g/mol. The van der Waals surface area contributed by atoms with Gasteiger partial charge in [0.25, 0.3) is 0 Å². The Morgan fingerprint density at radius 3 is 2.56 bits per heavy atom.